The average molecular weight is 287 g/mol. The summed E-state index contributed by atoms with van der Waals surface area (Å²) in [4.78, 5) is 23.9. The molecule has 0 saturated carbocycles. The number of imide groups is 1. The van der Waals surface area contributed by atoms with Gasteiger partial charge in [-0.1, -0.05) is 0 Å². The Kier molecular flexibility index (Phi) is 2.91. The van der Waals surface area contributed by atoms with Crippen molar-refractivity contribution in [3.05, 3.63) is 28.5 Å². The number of carbonyl (C=O) groups is 2. The number of hydrogen-bond acceptors (Lipinski definition) is 3. The molecule has 1 aromatic carbocycles. The SMILES string of the molecule is O=C1CN(c2cc(F)ccc2Br)CC(=O)N1. The Balaban J connectivity index is 2.32. The second-order valence-electron chi connectivity index (χ2n) is 3.42. The largest absolute Gasteiger partial charge is 0.352 e. The lowest BCUT2D eigenvalue weighted by Crippen LogP contribution is -2.51. The number of halogens is 2. The minimum atomic E-state index is -0.406. The van der Waals surface area contributed by atoms with Gasteiger partial charge in [0.2, 0.25) is 11.8 Å². The van der Waals surface area contributed by atoms with E-state index in [1.807, 2.05) is 0 Å². The molecule has 16 heavy (non-hydrogen) atoms. The van der Waals surface area contributed by atoms with Gasteiger partial charge in [0, 0.05) is 4.47 Å². The highest BCUT2D eigenvalue weighted by atomic mass is 79.9. The molecule has 1 aromatic rings. The monoisotopic (exact) mass is 286 g/mol. The first-order valence-corrected chi connectivity index (χ1v) is 5.38. The molecule has 84 valence electrons. The van der Waals surface area contributed by atoms with Crippen LogP contribution in [-0.2, 0) is 9.59 Å². The highest BCUT2D eigenvalue weighted by molar-refractivity contribution is 9.10. The Morgan fingerprint density at radius 1 is 1.25 bits per heavy atom. The second-order valence-corrected chi connectivity index (χ2v) is 4.28. The van der Waals surface area contributed by atoms with E-state index in [-0.39, 0.29) is 24.9 Å². The van der Waals surface area contributed by atoms with Crippen molar-refractivity contribution in [3.8, 4) is 0 Å². The molecule has 0 aliphatic carbocycles. The van der Waals surface area contributed by atoms with Crippen molar-refractivity contribution in [2.24, 2.45) is 0 Å². The molecule has 0 unspecified atom stereocenters. The van der Waals surface area contributed by atoms with Crippen molar-refractivity contribution in [1.82, 2.24) is 5.32 Å². The van der Waals surface area contributed by atoms with Gasteiger partial charge in [0.1, 0.15) is 5.82 Å². The predicted molar refractivity (Wildman–Crippen MR) is 59.5 cm³/mol. The van der Waals surface area contributed by atoms with Gasteiger partial charge in [-0.05, 0) is 34.1 Å². The van der Waals surface area contributed by atoms with Gasteiger partial charge in [-0.3, -0.25) is 14.9 Å². The molecule has 0 spiro atoms. The number of anilines is 1. The summed E-state index contributed by atoms with van der Waals surface area (Å²) in [5, 5.41) is 2.18. The Labute approximate surface area is 99.6 Å². The standard InChI is InChI=1S/C10H8BrFN2O2/c11-7-2-1-6(12)3-8(7)14-4-9(15)13-10(16)5-14/h1-3H,4-5H2,(H,13,15,16). The second kappa shape index (κ2) is 4.21. The number of nitrogens with zero attached hydrogens (tertiary/aromatic N) is 1. The Hall–Kier alpha value is -1.43. The molecule has 2 rings (SSSR count). The van der Waals surface area contributed by atoms with Gasteiger partial charge < -0.3 is 4.90 Å². The number of amides is 2. The molecule has 1 fully saturated rings. The summed E-state index contributed by atoms with van der Waals surface area (Å²) in [5.74, 6) is -1.17. The number of carbonyl (C=O) groups excluding carboxylic acids is 2. The fraction of sp³-hybridized carbons (Fsp3) is 0.200. The number of benzene rings is 1. The molecule has 1 heterocycles. The maximum absolute atomic E-state index is 13.1. The predicted octanol–water partition coefficient (Wildman–Crippen LogP) is 1.05. The topological polar surface area (TPSA) is 49.4 Å². The fourth-order valence-electron chi connectivity index (χ4n) is 1.54. The molecular formula is C10H8BrFN2O2. The molecule has 2 amide bonds. The van der Waals surface area contributed by atoms with Gasteiger partial charge >= 0.3 is 0 Å². The molecule has 1 saturated heterocycles. The van der Waals surface area contributed by atoms with Crippen LogP contribution in [0.4, 0.5) is 10.1 Å². The van der Waals surface area contributed by atoms with Crippen LogP contribution in [0.1, 0.15) is 0 Å². The van der Waals surface area contributed by atoms with E-state index in [2.05, 4.69) is 21.2 Å². The molecule has 0 aromatic heterocycles. The Morgan fingerprint density at radius 2 is 1.88 bits per heavy atom. The number of nitrogens with one attached hydrogen (secondary N) is 1. The van der Waals surface area contributed by atoms with Crippen LogP contribution in [-0.4, -0.2) is 24.9 Å². The zero-order chi connectivity index (χ0) is 11.7. The van der Waals surface area contributed by atoms with E-state index in [1.165, 1.54) is 17.0 Å². The number of piperazine rings is 1. The van der Waals surface area contributed by atoms with Crippen molar-refractivity contribution in [1.29, 1.82) is 0 Å². The van der Waals surface area contributed by atoms with Crippen LogP contribution >= 0.6 is 15.9 Å². The van der Waals surface area contributed by atoms with Gasteiger partial charge in [-0.2, -0.15) is 0 Å². The summed E-state index contributed by atoms with van der Waals surface area (Å²) in [6.45, 7) is 0.0988. The highest BCUT2D eigenvalue weighted by Crippen LogP contribution is 2.27. The van der Waals surface area contributed by atoms with Gasteiger partial charge in [0.05, 0.1) is 18.8 Å². The first kappa shape index (κ1) is 11.1. The van der Waals surface area contributed by atoms with Gasteiger partial charge in [0.25, 0.3) is 0 Å². The molecular weight excluding hydrogens is 279 g/mol. The first-order chi connectivity index (χ1) is 7.56. The lowest BCUT2D eigenvalue weighted by molar-refractivity contribution is -0.130. The van der Waals surface area contributed by atoms with Crippen LogP contribution in [0.25, 0.3) is 0 Å². The first-order valence-electron chi connectivity index (χ1n) is 4.59. The van der Waals surface area contributed by atoms with Crippen LogP contribution in [0, 0.1) is 5.82 Å². The van der Waals surface area contributed by atoms with Crippen molar-refractivity contribution >= 4 is 33.4 Å². The minimum Gasteiger partial charge on any atom is -0.352 e. The van der Waals surface area contributed by atoms with Gasteiger partial charge in [-0.15, -0.1) is 0 Å². The third-order valence-corrected chi connectivity index (χ3v) is 2.87. The number of rotatable bonds is 1. The van der Waals surface area contributed by atoms with E-state index in [1.54, 1.807) is 6.07 Å². The molecule has 4 nitrogen and oxygen atoms in total. The summed E-state index contributed by atoms with van der Waals surface area (Å²) in [6.07, 6.45) is 0. The normalized spacial score (nSPS) is 16.2. The van der Waals surface area contributed by atoms with Gasteiger partial charge in [0.15, 0.2) is 0 Å². The molecule has 0 radical (unpaired) electrons. The van der Waals surface area contributed by atoms with Gasteiger partial charge in [-0.25, -0.2) is 4.39 Å². The minimum absolute atomic E-state index is 0.0494. The fourth-order valence-corrected chi connectivity index (χ4v) is 2.03. The van der Waals surface area contributed by atoms with E-state index in [4.69, 9.17) is 0 Å². The van der Waals surface area contributed by atoms with E-state index < -0.39 is 5.82 Å². The van der Waals surface area contributed by atoms with Crippen molar-refractivity contribution in [3.63, 3.8) is 0 Å². The molecule has 0 bridgehead atoms. The van der Waals surface area contributed by atoms with Crippen LogP contribution in [0.5, 0.6) is 0 Å². The molecule has 0 atom stereocenters. The quantitative estimate of drug-likeness (QED) is 0.785. The smallest absolute Gasteiger partial charge is 0.246 e. The summed E-state index contributed by atoms with van der Waals surface area (Å²) < 4.78 is 13.7. The third kappa shape index (κ3) is 2.21. The van der Waals surface area contributed by atoms with E-state index in [0.717, 1.165) is 0 Å². The van der Waals surface area contributed by atoms with Crippen LogP contribution in [0.3, 0.4) is 0 Å². The van der Waals surface area contributed by atoms with Crippen molar-refractivity contribution in [2.45, 2.75) is 0 Å². The van der Waals surface area contributed by atoms with Crippen LogP contribution < -0.4 is 10.2 Å². The molecule has 1 N–H and O–H groups in total. The lowest BCUT2D eigenvalue weighted by Gasteiger charge is -2.28. The van der Waals surface area contributed by atoms with Crippen molar-refractivity contribution in [2.75, 3.05) is 18.0 Å². The summed E-state index contributed by atoms with van der Waals surface area (Å²) >= 11 is 3.25. The molecule has 1 aliphatic rings. The number of hydrogen-bond donors (Lipinski definition) is 1. The Morgan fingerprint density at radius 3 is 2.50 bits per heavy atom. The van der Waals surface area contributed by atoms with Crippen molar-refractivity contribution < 1.29 is 14.0 Å². The van der Waals surface area contributed by atoms with E-state index in [0.29, 0.717) is 10.2 Å². The molecule has 6 heteroatoms. The Bertz CT molecular complexity index is 448. The van der Waals surface area contributed by atoms with Crippen LogP contribution in [0.2, 0.25) is 0 Å². The van der Waals surface area contributed by atoms with Crippen LogP contribution in [0.15, 0.2) is 22.7 Å². The highest BCUT2D eigenvalue weighted by Gasteiger charge is 2.24. The van der Waals surface area contributed by atoms with E-state index in [9.17, 15) is 14.0 Å². The summed E-state index contributed by atoms with van der Waals surface area (Å²) in [6, 6.07) is 4.14. The summed E-state index contributed by atoms with van der Waals surface area (Å²) in [7, 11) is 0. The van der Waals surface area contributed by atoms with E-state index >= 15 is 0 Å². The summed E-state index contributed by atoms with van der Waals surface area (Å²) in [5.41, 5.74) is 0.503. The maximum Gasteiger partial charge on any atom is 0.246 e. The third-order valence-electron chi connectivity index (χ3n) is 2.20. The maximum atomic E-state index is 13.1. The zero-order valence-electron chi connectivity index (χ0n) is 8.17. The zero-order valence-corrected chi connectivity index (χ0v) is 9.75. The molecule has 1 aliphatic heterocycles. The average Bonchev–Trinajstić information content (AvgIpc) is 2.20. The lowest BCUT2D eigenvalue weighted by atomic mass is 10.2.